The summed E-state index contributed by atoms with van der Waals surface area (Å²) in [5.74, 6) is 0.262. The molecule has 8 heteroatoms. The van der Waals surface area contributed by atoms with E-state index in [9.17, 15) is 13.2 Å². The van der Waals surface area contributed by atoms with E-state index in [1.54, 1.807) is 43.7 Å². The van der Waals surface area contributed by atoms with Crippen molar-refractivity contribution in [3.05, 3.63) is 59.9 Å². The molecule has 3 rings (SSSR count). The number of furan rings is 1. The van der Waals surface area contributed by atoms with Gasteiger partial charge >= 0.3 is 0 Å². The molecule has 0 saturated heterocycles. The van der Waals surface area contributed by atoms with Gasteiger partial charge in [0.2, 0.25) is 15.9 Å². The average Bonchev–Trinajstić information content (AvgIpc) is 2.99. The van der Waals surface area contributed by atoms with Crippen LogP contribution in [0.2, 0.25) is 0 Å². The molecular formula is C21H22N2O5S. The highest BCUT2D eigenvalue weighted by Gasteiger charge is 2.12. The number of nitrogens with one attached hydrogen (secondary N) is 2. The van der Waals surface area contributed by atoms with Gasteiger partial charge in [-0.05, 0) is 49.2 Å². The number of hydrogen-bond donors (Lipinski definition) is 2. The predicted molar refractivity (Wildman–Crippen MR) is 115 cm³/mol. The van der Waals surface area contributed by atoms with Crippen molar-refractivity contribution in [3.8, 4) is 5.75 Å². The zero-order valence-corrected chi connectivity index (χ0v) is 17.4. The largest absolute Gasteiger partial charge is 0.496 e. The molecule has 0 fully saturated rings. The van der Waals surface area contributed by atoms with Crippen molar-refractivity contribution in [1.82, 2.24) is 0 Å². The summed E-state index contributed by atoms with van der Waals surface area (Å²) < 4.78 is 36.1. The van der Waals surface area contributed by atoms with Crippen LogP contribution in [-0.2, 0) is 14.8 Å². The molecule has 0 unspecified atom stereocenters. The van der Waals surface area contributed by atoms with E-state index in [1.165, 1.54) is 6.08 Å². The molecule has 0 bridgehead atoms. The van der Waals surface area contributed by atoms with Crippen LogP contribution >= 0.6 is 0 Å². The minimum atomic E-state index is -3.40. The summed E-state index contributed by atoms with van der Waals surface area (Å²) in [6.07, 6.45) is 4.21. The number of ether oxygens (including phenoxy) is 1. The van der Waals surface area contributed by atoms with Gasteiger partial charge in [-0.25, -0.2) is 8.42 Å². The topological polar surface area (TPSA) is 97.6 Å². The number of methoxy groups -OCH3 is 1. The lowest BCUT2D eigenvalue weighted by Crippen LogP contribution is -2.11. The Balaban J connectivity index is 1.85. The van der Waals surface area contributed by atoms with Gasteiger partial charge in [0, 0.05) is 28.8 Å². The van der Waals surface area contributed by atoms with E-state index in [2.05, 4.69) is 10.0 Å². The van der Waals surface area contributed by atoms with E-state index >= 15 is 0 Å². The summed E-state index contributed by atoms with van der Waals surface area (Å²) in [6.45, 7) is 3.77. The van der Waals surface area contributed by atoms with E-state index in [0.717, 1.165) is 28.4 Å². The lowest BCUT2D eigenvalue weighted by Gasteiger charge is -2.10. The quantitative estimate of drug-likeness (QED) is 0.590. The van der Waals surface area contributed by atoms with Crippen LogP contribution in [0.1, 0.15) is 18.1 Å². The highest BCUT2D eigenvalue weighted by Crippen LogP contribution is 2.33. The first-order valence-electron chi connectivity index (χ1n) is 8.79. The molecule has 1 amide bonds. The zero-order valence-electron chi connectivity index (χ0n) is 16.6. The fraction of sp³-hybridized carbons (Fsp3) is 0.190. The van der Waals surface area contributed by atoms with Gasteiger partial charge in [0.25, 0.3) is 0 Å². The van der Waals surface area contributed by atoms with Crippen molar-refractivity contribution in [1.29, 1.82) is 0 Å². The maximum absolute atomic E-state index is 12.5. The van der Waals surface area contributed by atoms with E-state index in [4.69, 9.17) is 9.15 Å². The smallest absolute Gasteiger partial charge is 0.248 e. The number of carbonyl (C=O) groups excluding carboxylic acids is 1. The fourth-order valence-corrected chi connectivity index (χ4v) is 3.54. The molecule has 152 valence electrons. The summed E-state index contributed by atoms with van der Waals surface area (Å²) in [4.78, 5) is 12.5. The van der Waals surface area contributed by atoms with E-state index in [-0.39, 0.29) is 5.91 Å². The van der Waals surface area contributed by atoms with Crippen LogP contribution in [0.3, 0.4) is 0 Å². The molecule has 3 aromatic rings. The number of fused-ring (bicyclic) bond motifs is 1. The van der Waals surface area contributed by atoms with Gasteiger partial charge < -0.3 is 14.5 Å². The standard InChI is InChI=1S/C21H22N2O5S/c1-13(17-10-18-14(2)12-28-20(18)11-19(17)27-3)8-21(24)22-15-6-5-7-16(9-15)23-29(4,25)26/h5-12,23H,1-4H3,(H,22,24)/b13-8+. The third kappa shape index (κ3) is 4.97. The SMILES string of the molecule is COc1cc2occ(C)c2cc1/C(C)=C/C(=O)Nc1cccc(NS(C)(=O)=O)c1. The molecular weight excluding hydrogens is 392 g/mol. The van der Waals surface area contributed by atoms with Crippen LogP contribution < -0.4 is 14.8 Å². The van der Waals surface area contributed by atoms with Crippen molar-refractivity contribution in [2.45, 2.75) is 13.8 Å². The predicted octanol–water partition coefficient (Wildman–Crippen LogP) is 4.16. The van der Waals surface area contributed by atoms with Gasteiger partial charge in [0.05, 0.1) is 25.3 Å². The van der Waals surface area contributed by atoms with Crippen molar-refractivity contribution in [2.24, 2.45) is 0 Å². The number of benzene rings is 2. The zero-order chi connectivity index (χ0) is 21.2. The summed E-state index contributed by atoms with van der Waals surface area (Å²) >= 11 is 0. The number of hydrogen-bond acceptors (Lipinski definition) is 5. The minimum Gasteiger partial charge on any atom is -0.496 e. The van der Waals surface area contributed by atoms with Gasteiger partial charge in [0.15, 0.2) is 0 Å². The minimum absolute atomic E-state index is 0.343. The summed E-state index contributed by atoms with van der Waals surface area (Å²) in [7, 11) is -1.83. The van der Waals surface area contributed by atoms with Gasteiger partial charge in [-0.3, -0.25) is 9.52 Å². The number of carbonyl (C=O) groups is 1. The van der Waals surface area contributed by atoms with Crippen molar-refractivity contribution < 1.29 is 22.4 Å². The second-order valence-corrected chi connectivity index (χ2v) is 8.49. The molecule has 29 heavy (non-hydrogen) atoms. The molecule has 2 aromatic carbocycles. The Morgan fingerprint density at radius 3 is 2.59 bits per heavy atom. The number of aryl methyl sites for hydroxylation is 1. The molecule has 7 nitrogen and oxygen atoms in total. The van der Waals surface area contributed by atoms with Gasteiger partial charge in [-0.15, -0.1) is 0 Å². The number of amides is 1. The number of rotatable bonds is 6. The van der Waals surface area contributed by atoms with Crippen molar-refractivity contribution in [2.75, 3.05) is 23.4 Å². The second-order valence-electron chi connectivity index (χ2n) is 6.74. The van der Waals surface area contributed by atoms with Crippen LogP contribution in [-0.4, -0.2) is 27.7 Å². The fourth-order valence-electron chi connectivity index (χ4n) is 2.99. The molecule has 1 aromatic heterocycles. The number of anilines is 2. The number of sulfonamides is 1. The average molecular weight is 414 g/mol. The van der Waals surface area contributed by atoms with Gasteiger partial charge in [-0.2, -0.15) is 0 Å². The summed E-state index contributed by atoms with van der Waals surface area (Å²) in [5, 5.41) is 3.69. The van der Waals surface area contributed by atoms with Crippen molar-refractivity contribution in [3.63, 3.8) is 0 Å². The second kappa shape index (κ2) is 8.00. The monoisotopic (exact) mass is 414 g/mol. The first-order chi connectivity index (χ1) is 13.7. The first kappa shape index (κ1) is 20.5. The molecule has 0 aliphatic rings. The molecule has 0 spiro atoms. The maximum atomic E-state index is 12.5. The Bertz CT molecular complexity index is 1210. The lowest BCUT2D eigenvalue weighted by atomic mass is 10.0. The van der Waals surface area contributed by atoms with E-state index in [0.29, 0.717) is 22.7 Å². The Morgan fingerprint density at radius 1 is 1.17 bits per heavy atom. The van der Waals surface area contributed by atoms with Crippen LogP contribution in [0.5, 0.6) is 5.75 Å². The highest BCUT2D eigenvalue weighted by molar-refractivity contribution is 7.92. The molecule has 0 saturated carbocycles. The Hall–Kier alpha value is -3.26. The summed E-state index contributed by atoms with van der Waals surface area (Å²) in [5.41, 5.74) is 4.06. The molecule has 0 aliphatic heterocycles. The molecule has 0 aliphatic carbocycles. The summed E-state index contributed by atoms with van der Waals surface area (Å²) in [6, 6.07) is 10.2. The highest BCUT2D eigenvalue weighted by atomic mass is 32.2. The van der Waals surface area contributed by atoms with E-state index in [1.807, 2.05) is 19.9 Å². The molecule has 0 atom stereocenters. The molecule has 2 N–H and O–H groups in total. The van der Waals surface area contributed by atoms with E-state index < -0.39 is 10.0 Å². The third-order valence-electron chi connectivity index (χ3n) is 4.29. The van der Waals surface area contributed by atoms with Crippen molar-refractivity contribution >= 4 is 43.8 Å². The third-order valence-corrected chi connectivity index (χ3v) is 4.90. The normalized spacial score (nSPS) is 12.1. The lowest BCUT2D eigenvalue weighted by molar-refractivity contribution is -0.111. The Labute approximate surface area is 169 Å². The van der Waals surface area contributed by atoms with Gasteiger partial charge in [0.1, 0.15) is 11.3 Å². The Morgan fingerprint density at radius 2 is 1.90 bits per heavy atom. The van der Waals surface area contributed by atoms with Crippen LogP contribution in [0.25, 0.3) is 16.5 Å². The molecule has 1 heterocycles. The number of allylic oxidation sites excluding steroid dienone is 1. The van der Waals surface area contributed by atoms with Crippen LogP contribution in [0.4, 0.5) is 11.4 Å². The molecule has 0 radical (unpaired) electrons. The van der Waals surface area contributed by atoms with Crippen LogP contribution in [0, 0.1) is 6.92 Å². The Kier molecular flexibility index (Phi) is 5.65. The maximum Gasteiger partial charge on any atom is 0.248 e. The first-order valence-corrected chi connectivity index (χ1v) is 10.7. The van der Waals surface area contributed by atoms with Crippen LogP contribution in [0.15, 0.2) is 53.2 Å². The van der Waals surface area contributed by atoms with Gasteiger partial charge in [-0.1, -0.05) is 6.07 Å².